The van der Waals surface area contributed by atoms with Gasteiger partial charge in [-0.15, -0.1) is 0 Å². The Labute approximate surface area is 80.5 Å². The molecule has 6 nitrogen and oxygen atoms in total. The summed E-state index contributed by atoms with van der Waals surface area (Å²) in [5.41, 5.74) is -0.461. The van der Waals surface area contributed by atoms with Crippen molar-refractivity contribution in [2.24, 2.45) is 5.84 Å². The maximum absolute atomic E-state index is 11.3. The van der Waals surface area contributed by atoms with Gasteiger partial charge in [0.15, 0.2) is 0 Å². The number of ether oxygens (including phenoxy) is 1. The quantitative estimate of drug-likeness (QED) is 0.511. The SMILES string of the molecule is COCCN(N)c1cocc(O)c1=O. The highest BCUT2D eigenvalue weighted by Gasteiger charge is 2.09. The molecule has 6 heteroatoms. The van der Waals surface area contributed by atoms with E-state index in [-0.39, 0.29) is 5.69 Å². The highest BCUT2D eigenvalue weighted by Crippen LogP contribution is 2.09. The lowest BCUT2D eigenvalue weighted by atomic mass is 10.4. The number of methoxy groups -OCH3 is 1. The molecule has 0 saturated heterocycles. The first-order valence-corrected chi connectivity index (χ1v) is 3.97. The summed E-state index contributed by atoms with van der Waals surface area (Å²) in [6.45, 7) is 0.719. The van der Waals surface area contributed by atoms with Crippen LogP contribution in [0.15, 0.2) is 21.7 Å². The van der Waals surface area contributed by atoms with Crippen LogP contribution in [0.1, 0.15) is 0 Å². The van der Waals surface area contributed by atoms with Gasteiger partial charge in [0.1, 0.15) is 18.2 Å². The molecule has 0 bridgehead atoms. The second-order valence-corrected chi connectivity index (χ2v) is 2.66. The monoisotopic (exact) mass is 200 g/mol. The summed E-state index contributed by atoms with van der Waals surface area (Å²) in [7, 11) is 1.53. The third-order valence-corrected chi connectivity index (χ3v) is 1.67. The van der Waals surface area contributed by atoms with Gasteiger partial charge in [0.2, 0.25) is 5.75 Å². The van der Waals surface area contributed by atoms with Crippen molar-refractivity contribution in [3.8, 4) is 5.75 Å². The van der Waals surface area contributed by atoms with E-state index in [2.05, 4.69) is 0 Å². The summed E-state index contributed by atoms with van der Waals surface area (Å²) in [6, 6.07) is 0. The van der Waals surface area contributed by atoms with Crippen LogP contribution in [0.3, 0.4) is 0 Å². The first-order chi connectivity index (χ1) is 6.66. The lowest BCUT2D eigenvalue weighted by molar-refractivity contribution is 0.205. The van der Waals surface area contributed by atoms with Gasteiger partial charge in [-0.2, -0.15) is 0 Å². The number of anilines is 1. The Morgan fingerprint density at radius 2 is 2.36 bits per heavy atom. The minimum absolute atomic E-state index is 0.0991. The maximum Gasteiger partial charge on any atom is 0.251 e. The molecule has 0 saturated carbocycles. The molecule has 3 N–H and O–H groups in total. The van der Waals surface area contributed by atoms with Crippen LogP contribution < -0.4 is 16.3 Å². The molecule has 1 aromatic rings. The second-order valence-electron chi connectivity index (χ2n) is 2.66. The fourth-order valence-electron chi connectivity index (χ4n) is 0.909. The van der Waals surface area contributed by atoms with E-state index in [1.54, 1.807) is 0 Å². The van der Waals surface area contributed by atoms with Crippen molar-refractivity contribution < 1.29 is 14.3 Å². The fourth-order valence-corrected chi connectivity index (χ4v) is 0.909. The van der Waals surface area contributed by atoms with Crippen molar-refractivity contribution in [1.29, 1.82) is 0 Å². The summed E-state index contributed by atoms with van der Waals surface area (Å²) in [5.74, 6) is 5.07. The molecule has 0 aromatic carbocycles. The van der Waals surface area contributed by atoms with Crippen LogP contribution in [0.5, 0.6) is 5.75 Å². The number of hydrazine groups is 1. The zero-order valence-corrected chi connectivity index (χ0v) is 7.77. The number of nitrogens with two attached hydrogens (primary N) is 1. The third kappa shape index (κ3) is 2.24. The molecule has 0 spiro atoms. The van der Waals surface area contributed by atoms with Gasteiger partial charge in [-0.1, -0.05) is 0 Å². The molecule has 0 fully saturated rings. The molecule has 0 aliphatic carbocycles. The van der Waals surface area contributed by atoms with E-state index in [1.165, 1.54) is 13.4 Å². The van der Waals surface area contributed by atoms with Crippen LogP contribution in [0.25, 0.3) is 0 Å². The Bertz CT molecular complexity index is 349. The molecule has 1 aromatic heterocycles. The van der Waals surface area contributed by atoms with Crippen LogP contribution in [0.4, 0.5) is 5.69 Å². The molecule has 0 radical (unpaired) electrons. The Balaban J connectivity index is 2.84. The van der Waals surface area contributed by atoms with Crippen LogP contribution in [0, 0.1) is 0 Å². The summed E-state index contributed by atoms with van der Waals surface area (Å²) in [4.78, 5) is 11.3. The molecule has 1 heterocycles. The van der Waals surface area contributed by atoms with E-state index >= 15 is 0 Å². The predicted octanol–water partition coefficient (Wildman–Crippen LogP) is -0.328. The van der Waals surface area contributed by atoms with Crippen LogP contribution in [-0.4, -0.2) is 25.4 Å². The van der Waals surface area contributed by atoms with E-state index in [1.807, 2.05) is 0 Å². The summed E-state index contributed by atoms with van der Waals surface area (Å²) < 4.78 is 9.50. The summed E-state index contributed by atoms with van der Waals surface area (Å²) >= 11 is 0. The van der Waals surface area contributed by atoms with Gasteiger partial charge in [-0.05, 0) is 0 Å². The highest BCUT2D eigenvalue weighted by molar-refractivity contribution is 5.44. The standard InChI is InChI=1S/C8H12N2O4/c1-13-3-2-10(9)6-4-14-5-7(11)8(6)12/h4-5,11H,2-3,9H2,1H3. The van der Waals surface area contributed by atoms with Crippen LogP contribution >= 0.6 is 0 Å². The topological polar surface area (TPSA) is 88.9 Å². The zero-order valence-electron chi connectivity index (χ0n) is 7.77. The summed E-state index contributed by atoms with van der Waals surface area (Å²) in [6.07, 6.45) is 2.13. The molecule has 0 amide bonds. The fraction of sp³-hybridized carbons (Fsp3) is 0.375. The largest absolute Gasteiger partial charge is 0.502 e. The normalized spacial score (nSPS) is 10.1. The molecular formula is C8H12N2O4. The van der Waals surface area contributed by atoms with E-state index < -0.39 is 11.2 Å². The van der Waals surface area contributed by atoms with E-state index in [9.17, 15) is 4.79 Å². The average Bonchev–Trinajstić information content (AvgIpc) is 2.18. The van der Waals surface area contributed by atoms with Crippen molar-refractivity contribution in [3.63, 3.8) is 0 Å². The first-order valence-electron chi connectivity index (χ1n) is 3.97. The Morgan fingerprint density at radius 3 is 3.00 bits per heavy atom. The summed E-state index contributed by atoms with van der Waals surface area (Å²) in [5, 5.41) is 10.2. The Hall–Kier alpha value is -1.53. The molecule has 0 atom stereocenters. The van der Waals surface area contributed by atoms with Gasteiger partial charge in [0, 0.05) is 7.11 Å². The minimum Gasteiger partial charge on any atom is -0.502 e. The van der Waals surface area contributed by atoms with Gasteiger partial charge in [0.25, 0.3) is 5.43 Å². The molecule has 78 valence electrons. The van der Waals surface area contributed by atoms with Crippen molar-refractivity contribution in [2.75, 3.05) is 25.3 Å². The lowest BCUT2D eigenvalue weighted by Crippen LogP contribution is -2.37. The van der Waals surface area contributed by atoms with Crippen LogP contribution in [0.2, 0.25) is 0 Å². The van der Waals surface area contributed by atoms with Crippen molar-refractivity contribution in [2.45, 2.75) is 0 Å². The number of hydrogen-bond donors (Lipinski definition) is 2. The van der Waals surface area contributed by atoms with E-state index in [0.29, 0.717) is 13.2 Å². The molecule has 14 heavy (non-hydrogen) atoms. The van der Waals surface area contributed by atoms with Gasteiger partial charge in [0.05, 0.1) is 13.2 Å². The maximum atomic E-state index is 11.3. The van der Waals surface area contributed by atoms with Crippen molar-refractivity contribution >= 4 is 5.69 Å². The average molecular weight is 200 g/mol. The lowest BCUT2D eigenvalue weighted by Gasteiger charge is -2.16. The number of rotatable bonds is 4. The van der Waals surface area contributed by atoms with Gasteiger partial charge < -0.3 is 19.3 Å². The molecule has 0 aliphatic heterocycles. The Morgan fingerprint density at radius 1 is 1.64 bits per heavy atom. The number of hydrogen-bond acceptors (Lipinski definition) is 6. The number of aromatic hydroxyl groups is 1. The van der Waals surface area contributed by atoms with Gasteiger partial charge in [-0.25, -0.2) is 5.84 Å². The zero-order chi connectivity index (χ0) is 10.6. The van der Waals surface area contributed by atoms with Crippen LogP contribution in [-0.2, 0) is 4.74 Å². The molecular weight excluding hydrogens is 188 g/mol. The van der Waals surface area contributed by atoms with Gasteiger partial charge >= 0.3 is 0 Å². The highest BCUT2D eigenvalue weighted by atomic mass is 16.5. The molecule has 0 unspecified atom stereocenters. The van der Waals surface area contributed by atoms with Gasteiger partial charge in [-0.3, -0.25) is 4.79 Å². The number of nitrogens with zero attached hydrogens (tertiary/aromatic N) is 1. The Kier molecular flexibility index (Phi) is 3.49. The molecule has 1 rings (SSSR count). The first kappa shape index (κ1) is 10.6. The molecule has 0 aliphatic rings. The predicted molar refractivity (Wildman–Crippen MR) is 50.1 cm³/mol. The second kappa shape index (κ2) is 4.64. The van der Waals surface area contributed by atoms with E-state index in [4.69, 9.17) is 20.1 Å². The van der Waals surface area contributed by atoms with E-state index in [0.717, 1.165) is 11.3 Å². The minimum atomic E-state index is -0.560. The third-order valence-electron chi connectivity index (χ3n) is 1.67. The van der Waals surface area contributed by atoms with Crippen molar-refractivity contribution in [1.82, 2.24) is 0 Å². The smallest absolute Gasteiger partial charge is 0.251 e. The van der Waals surface area contributed by atoms with Crippen molar-refractivity contribution in [3.05, 3.63) is 22.7 Å².